The Kier molecular flexibility index (Phi) is 5.12. The van der Waals surface area contributed by atoms with Crippen LogP contribution in [0.3, 0.4) is 0 Å². The van der Waals surface area contributed by atoms with E-state index in [1.807, 2.05) is 6.92 Å². The van der Waals surface area contributed by atoms with Crippen molar-refractivity contribution in [2.24, 2.45) is 0 Å². The number of hydrogen-bond donors (Lipinski definition) is 1. The van der Waals surface area contributed by atoms with E-state index in [4.69, 9.17) is 0 Å². The molecule has 1 N–H and O–H groups in total. The molecule has 7 nitrogen and oxygen atoms in total. The molecule has 0 aliphatic heterocycles. The molecule has 1 aromatic carbocycles. The Balaban J connectivity index is 2.11. The monoisotopic (exact) mass is 403 g/mol. The van der Waals surface area contributed by atoms with E-state index in [9.17, 15) is 12.8 Å². The number of nitrogens with zero attached hydrogens (tertiary/aromatic N) is 4. The molecule has 3 rings (SSSR count). The second-order valence-corrected chi connectivity index (χ2v) is 8.56. The maximum absolute atomic E-state index is 13.1. The summed E-state index contributed by atoms with van der Waals surface area (Å²) in [4.78, 5) is 10.5. The van der Waals surface area contributed by atoms with Gasteiger partial charge in [0.25, 0.3) is 0 Å². The number of nitrogens with one attached hydrogen (secondary N) is 1. The van der Waals surface area contributed by atoms with Gasteiger partial charge in [0, 0.05) is 42.8 Å². The summed E-state index contributed by atoms with van der Waals surface area (Å²) >= 11 is 0. The van der Waals surface area contributed by atoms with Crippen LogP contribution in [0.2, 0.25) is 0 Å². The highest BCUT2D eigenvalue weighted by Gasteiger charge is 2.25. The molecule has 3 aromatic rings. The molecule has 0 unspecified atom stereocenters. The van der Waals surface area contributed by atoms with Gasteiger partial charge in [-0.25, -0.2) is 26.7 Å². The van der Waals surface area contributed by atoms with Crippen molar-refractivity contribution in [2.45, 2.75) is 13.8 Å². The fourth-order valence-corrected chi connectivity index (χ4v) is 4.52. The smallest absolute Gasteiger partial charge is 0.237 e. The molecule has 2 heterocycles. The molecule has 0 aliphatic rings. The second kappa shape index (κ2) is 7.23. The van der Waals surface area contributed by atoms with Gasteiger partial charge >= 0.3 is 0 Å². The summed E-state index contributed by atoms with van der Waals surface area (Å²) in [6, 6.07) is 7.60. The van der Waals surface area contributed by atoms with Crippen molar-refractivity contribution < 1.29 is 12.8 Å². The van der Waals surface area contributed by atoms with Crippen LogP contribution in [0.1, 0.15) is 11.3 Å². The van der Waals surface area contributed by atoms with E-state index in [2.05, 4.69) is 15.3 Å². The number of aromatic nitrogens is 3. The third-order valence-corrected chi connectivity index (χ3v) is 5.45. The lowest BCUT2D eigenvalue weighted by Gasteiger charge is -2.17. The third kappa shape index (κ3) is 3.70. The molecule has 0 aliphatic carbocycles. The predicted octanol–water partition coefficient (Wildman–Crippen LogP) is 3.32. The van der Waals surface area contributed by atoms with Crippen LogP contribution in [-0.2, 0) is 10.0 Å². The second-order valence-electron chi connectivity index (χ2n) is 6.73. The van der Waals surface area contributed by atoms with E-state index >= 15 is 0 Å². The zero-order valence-corrected chi connectivity index (χ0v) is 17.2. The largest absolute Gasteiger partial charge is 0.363 e. The van der Waals surface area contributed by atoms with Gasteiger partial charge < -0.3 is 10.2 Å². The van der Waals surface area contributed by atoms with Gasteiger partial charge in [-0.1, -0.05) is 0 Å². The van der Waals surface area contributed by atoms with Crippen molar-refractivity contribution in [3.8, 4) is 11.3 Å². The number of hydrogen-bond acceptors (Lipinski definition) is 6. The van der Waals surface area contributed by atoms with Crippen molar-refractivity contribution in [1.29, 1.82) is 0 Å². The molecule has 0 saturated heterocycles. The lowest BCUT2D eigenvalue weighted by atomic mass is 10.1. The minimum Gasteiger partial charge on any atom is -0.363 e. The van der Waals surface area contributed by atoms with Crippen LogP contribution >= 0.6 is 0 Å². The number of halogens is 1. The van der Waals surface area contributed by atoms with Crippen LogP contribution in [0.15, 0.2) is 36.5 Å². The Labute approximate surface area is 163 Å². The molecule has 0 bridgehead atoms. The standard InChI is InChI=1S/C19H22FN5O2S/c1-12-17(13(2)25(28(5,26)27)18(12)24(3)4)16-10-11-21-19(23-16)22-15-8-6-14(20)7-9-15/h6-11H,1-5H3,(H,21,22,23). The van der Waals surface area contributed by atoms with Crippen molar-refractivity contribution >= 4 is 27.5 Å². The van der Waals surface area contributed by atoms with Gasteiger partial charge in [-0.15, -0.1) is 0 Å². The first-order valence-corrected chi connectivity index (χ1v) is 10.4. The fraction of sp³-hybridized carbons (Fsp3) is 0.263. The molecule has 0 spiro atoms. The highest BCUT2D eigenvalue weighted by Crippen LogP contribution is 2.36. The molecule has 0 fully saturated rings. The number of rotatable bonds is 5. The van der Waals surface area contributed by atoms with E-state index in [1.54, 1.807) is 50.3 Å². The van der Waals surface area contributed by atoms with Crippen LogP contribution in [0.5, 0.6) is 0 Å². The summed E-state index contributed by atoms with van der Waals surface area (Å²) in [5, 5.41) is 3.03. The first-order valence-electron chi connectivity index (χ1n) is 8.55. The molecule has 148 valence electrons. The van der Waals surface area contributed by atoms with Gasteiger partial charge in [0.1, 0.15) is 11.6 Å². The van der Waals surface area contributed by atoms with Gasteiger partial charge in [-0.3, -0.25) is 0 Å². The fourth-order valence-electron chi connectivity index (χ4n) is 3.32. The molecule has 0 radical (unpaired) electrons. The molecule has 0 atom stereocenters. The van der Waals surface area contributed by atoms with Gasteiger partial charge in [-0.2, -0.15) is 0 Å². The average molecular weight is 403 g/mol. The topological polar surface area (TPSA) is 80.1 Å². The molecule has 2 aromatic heterocycles. The minimum absolute atomic E-state index is 0.329. The van der Waals surface area contributed by atoms with E-state index < -0.39 is 10.0 Å². The van der Waals surface area contributed by atoms with Crippen molar-refractivity contribution in [1.82, 2.24) is 13.9 Å². The lowest BCUT2D eigenvalue weighted by Crippen LogP contribution is -2.20. The third-order valence-electron chi connectivity index (χ3n) is 4.34. The molecule has 0 saturated carbocycles. The Bertz CT molecular complexity index is 1120. The van der Waals surface area contributed by atoms with Gasteiger partial charge in [0.05, 0.1) is 11.9 Å². The van der Waals surface area contributed by atoms with Gasteiger partial charge in [0.15, 0.2) is 0 Å². The maximum Gasteiger partial charge on any atom is 0.237 e. The summed E-state index contributed by atoms with van der Waals surface area (Å²) in [7, 11) is 0.0995. The predicted molar refractivity (Wildman–Crippen MR) is 109 cm³/mol. The summed E-state index contributed by atoms with van der Waals surface area (Å²) in [5.74, 6) is 0.591. The van der Waals surface area contributed by atoms with Crippen LogP contribution in [0.25, 0.3) is 11.3 Å². The van der Waals surface area contributed by atoms with Crippen molar-refractivity contribution in [3.63, 3.8) is 0 Å². The number of anilines is 3. The van der Waals surface area contributed by atoms with Crippen LogP contribution in [0, 0.1) is 19.7 Å². The van der Waals surface area contributed by atoms with Crippen molar-refractivity contribution in [2.75, 3.05) is 30.6 Å². The van der Waals surface area contributed by atoms with E-state index in [-0.39, 0.29) is 5.82 Å². The summed E-state index contributed by atoms with van der Waals surface area (Å²) in [6.45, 7) is 3.63. The quantitative estimate of drug-likeness (QED) is 0.704. The molecule has 28 heavy (non-hydrogen) atoms. The molecule has 9 heteroatoms. The Morgan fingerprint density at radius 3 is 2.29 bits per heavy atom. The zero-order chi connectivity index (χ0) is 20.6. The molecule has 0 amide bonds. The normalized spacial score (nSPS) is 11.5. The van der Waals surface area contributed by atoms with Crippen LogP contribution in [-0.4, -0.2) is 42.7 Å². The molecular weight excluding hydrogens is 381 g/mol. The van der Waals surface area contributed by atoms with Crippen LogP contribution < -0.4 is 10.2 Å². The minimum atomic E-state index is -3.50. The Hall–Kier alpha value is -2.94. The summed E-state index contributed by atoms with van der Waals surface area (Å²) in [6.07, 6.45) is 2.78. The first-order chi connectivity index (χ1) is 13.1. The van der Waals surface area contributed by atoms with Crippen molar-refractivity contribution in [3.05, 3.63) is 53.6 Å². The highest BCUT2D eigenvalue weighted by molar-refractivity contribution is 7.89. The zero-order valence-electron chi connectivity index (χ0n) is 16.4. The van der Waals surface area contributed by atoms with E-state index in [1.165, 1.54) is 22.4 Å². The molecular formula is C19H22FN5O2S. The van der Waals surface area contributed by atoms with E-state index in [0.29, 0.717) is 28.8 Å². The summed E-state index contributed by atoms with van der Waals surface area (Å²) < 4.78 is 39.2. The lowest BCUT2D eigenvalue weighted by molar-refractivity contribution is 0.592. The maximum atomic E-state index is 13.1. The highest BCUT2D eigenvalue weighted by atomic mass is 32.2. The van der Waals surface area contributed by atoms with Gasteiger partial charge in [-0.05, 0) is 44.2 Å². The Morgan fingerprint density at radius 1 is 1.11 bits per heavy atom. The SMILES string of the molecule is Cc1c(-c2ccnc(Nc3ccc(F)cc3)n2)c(C)n(S(C)(=O)=O)c1N(C)C. The van der Waals surface area contributed by atoms with E-state index in [0.717, 1.165) is 11.1 Å². The average Bonchev–Trinajstić information content (AvgIpc) is 2.88. The summed E-state index contributed by atoms with van der Waals surface area (Å²) in [5.41, 5.74) is 3.36. The van der Waals surface area contributed by atoms with Crippen LogP contribution in [0.4, 0.5) is 21.8 Å². The Morgan fingerprint density at radius 2 is 1.75 bits per heavy atom. The van der Waals surface area contributed by atoms with Gasteiger partial charge in [0.2, 0.25) is 16.0 Å². The number of benzene rings is 1. The first kappa shape index (κ1) is 19.8.